The number of nitrogens with one attached hydrogen (secondary N) is 1. The van der Waals surface area contributed by atoms with Crippen LogP contribution in [0.15, 0.2) is 6.07 Å². The molecule has 1 saturated carbocycles. The Bertz CT molecular complexity index is 468. The Hall–Kier alpha value is -1.53. The fraction of sp³-hybridized carbons (Fsp3) is 0.714. The minimum atomic E-state index is -4.54. The van der Waals surface area contributed by atoms with Gasteiger partial charge in [-0.15, -0.1) is 0 Å². The van der Waals surface area contributed by atoms with E-state index in [0.717, 1.165) is 25.7 Å². The fourth-order valence-corrected chi connectivity index (χ4v) is 2.70. The second-order valence-electron chi connectivity index (χ2n) is 5.44. The van der Waals surface area contributed by atoms with Gasteiger partial charge >= 0.3 is 6.18 Å². The van der Waals surface area contributed by atoms with Gasteiger partial charge in [0.05, 0.1) is 0 Å². The predicted molar refractivity (Wildman–Crippen MR) is 76.5 cm³/mol. The number of halogens is 3. The van der Waals surface area contributed by atoms with Gasteiger partial charge in [-0.2, -0.15) is 13.2 Å². The molecule has 1 aliphatic carbocycles. The van der Waals surface area contributed by atoms with Crippen molar-refractivity contribution in [3.05, 3.63) is 11.9 Å². The Morgan fingerprint density at radius 1 is 1.14 bits per heavy atom. The Balaban J connectivity index is 2.28. The van der Waals surface area contributed by atoms with Crippen LogP contribution in [0.5, 0.6) is 0 Å². The molecule has 2 rings (SSSR count). The third-order valence-electron chi connectivity index (χ3n) is 3.96. The maximum atomic E-state index is 12.9. The van der Waals surface area contributed by atoms with E-state index in [-0.39, 0.29) is 11.9 Å². The standard InChI is InChI=1S/C14H21F3N4/c1-18-11-9-12(20-13(19-11)14(15,16)17)21(2)10-7-5-3-4-6-8-10/h9-10H,3-8H2,1-2H3,(H,18,19,20). The molecule has 1 aliphatic rings. The van der Waals surface area contributed by atoms with Gasteiger partial charge in [0.15, 0.2) is 0 Å². The van der Waals surface area contributed by atoms with Gasteiger partial charge in [0, 0.05) is 26.2 Å². The topological polar surface area (TPSA) is 41.0 Å². The van der Waals surface area contributed by atoms with Crippen LogP contribution in [-0.4, -0.2) is 30.1 Å². The van der Waals surface area contributed by atoms with Crippen LogP contribution < -0.4 is 10.2 Å². The van der Waals surface area contributed by atoms with E-state index in [2.05, 4.69) is 15.3 Å². The van der Waals surface area contributed by atoms with Crippen molar-refractivity contribution in [3.63, 3.8) is 0 Å². The highest BCUT2D eigenvalue weighted by Crippen LogP contribution is 2.31. The van der Waals surface area contributed by atoms with Gasteiger partial charge < -0.3 is 10.2 Å². The van der Waals surface area contributed by atoms with E-state index in [0.29, 0.717) is 5.82 Å². The summed E-state index contributed by atoms with van der Waals surface area (Å²) in [6, 6.07) is 1.81. The third kappa shape index (κ3) is 3.98. The Labute approximate surface area is 122 Å². The van der Waals surface area contributed by atoms with E-state index in [1.807, 2.05) is 11.9 Å². The van der Waals surface area contributed by atoms with Gasteiger partial charge in [-0.1, -0.05) is 25.7 Å². The lowest BCUT2D eigenvalue weighted by atomic mass is 10.1. The molecule has 0 aliphatic heterocycles. The van der Waals surface area contributed by atoms with Crippen LogP contribution in [0.25, 0.3) is 0 Å². The number of aromatic nitrogens is 2. The molecule has 4 nitrogen and oxygen atoms in total. The van der Waals surface area contributed by atoms with Crippen molar-refractivity contribution in [2.45, 2.75) is 50.7 Å². The molecule has 1 aromatic rings. The zero-order valence-electron chi connectivity index (χ0n) is 12.4. The molecule has 1 aromatic heterocycles. The normalized spacial score (nSPS) is 17.4. The number of alkyl halides is 3. The van der Waals surface area contributed by atoms with Crippen molar-refractivity contribution in [1.29, 1.82) is 0 Å². The SMILES string of the molecule is CNc1cc(N(C)C2CCCCCC2)nc(C(F)(F)F)n1. The molecular weight excluding hydrogens is 281 g/mol. The van der Waals surface area contributed by atoms with Crippen LogP contribution in [0.4, 0.5) is 24.8 Å². The number of rotatable bonds is 3. The van der Waals surface area contributed by atoms with Crippen LogP contribution in [0.3, 0.4) is 0 Å². The summed E-state index contributed by atoms with van der Waals surface area (Å²) in [5, 5.41) is 2.67. The molecule has 0 saturated heterocycles. The van der Waals surface area contributed by atoms with Crippen molar-refractivity contribution in [2.24, 2.45) is 0 Å². The summed E-state index contributed by atoms with van der Waals surface area (Å²) in [5.41, 5.74) is 0. The summed E-state index contributed by atoms with van der Waals surface area (Å²) in [4.78, 5) is 9.07. The van der Waals surface area contributed by atoms with Crippen molar-refractivity contribution < 1.29 is 13.2 Å². The van der Waals surface area contributed by atoms with Gasteiger partial charge in [-0.3, -0.25) is 0 Å². The summed E-state index contributed by atoms with van der Waals surface area (Å²) in [6.07, 6.45) is 2.09. The predicted octanol–water partition coefficient (Wildman–Crippen LogP) is 3.70. The highest BCUT2D eigenvalue weighted by Gasteiger charge is 2.36. The first-order valence-electron chi connectivity index (χ1n) is 7.28. The van der Waals surface area contributed by atoms with E-state index < -0.39 is 12.0 Å². The Morgan fingerprint density at radius 3 is 2.29 bits per heavy atom. The second-order valence-corrected chi connectivity index (χ2v) is 5.44. The van der Waals surface area contributed by atoms with Crippen molar-refractivity contribution in [3.8, 4) is 0 Å². The van der Waals surface area contributed by atoms with Gasteiger partial charge in [-0.25, -0.2) is 9.97 Å². The molecule has 0 unspecified atom stereocenters. The van der Waals surface area contributed by atoms with Crippen LogP contribution >= 0.6 is 0 Å². The summed E-state index contributed by atoms with van der Waals surface area (Å²) in [6.45, 7) is 0. The average Bonchev–Trinajstić information content (AvgIpc) is 2.74. The third-order valence-corrected chi connectivity index (χ3v) is 3.96. The average molecular weight is 302 g/mol. The largest absolute Gasteiger partial charge is 0.451 e. The molecule has 0 amide bonds. The van der Waals surface area contributed by atoms with E-state index >= 15 is 0 Å². The zero-order chi connectivity index (χ0) is 15.5. The summed E-state index contributed by atoms with van der Waals surface area (Å²) >= 11 is 0. The van der Waals surface area contributed by atoms with Crippen LogP contribution in [0.2, 0.25) is 0 Å². The molecule has 1 heterocycles. The van der Waals surface area contributed by atoms with Gasteiger partial charge in [-0.05, 0) is 12.8 Å². The first kappa shape index (κ1) is 15.9. The first-order valence-corrected chi connectivity index (χ1v) is 7.28. The van der Waals surface area contributed by atoms with Crippen LogP contribution in [-0.2, 0) is 6.18 Å². The zero-order valence-corrected chi connectivity index (χ0v) is 12.4. The number of hydrogen-bond donors (Lipinski definition) is 1. The molecule has 21 heavy (non-hydrogen) atoms. The van der Waals surface area contributed by atoms with Crippen LogP contribution in [0, 0.1) is 0 Å². The van der Waals surface area contributed by atoms with Crippen molar-refractivity contribution >= 4 is 11.6 Å². The van der Waals surface area contributed by atoms with Crippen molar-refractivity contribution in [1.82, 2.24) is 9.97 Å². The number of anilines is 2. The minimum absolute atomic E-state index is 0.188. The van der Waals surface area contributed by atoms with Gasteiger partial charge in [0.25, 0.3) is 0 Å². The highest BCUT2D eigenvalue weighted by molar-refractivity contribution is 5.49. The lowest BCUT2D eigenvalue weighted by Crippen LogP contribution is -2.32. The molecule has 0 bridgehead atoms. The lowest BCUT2D eigenvalue weighted by molar-refractivity contribution is -0.144. The summed E-state index contributed by atoms with van der Waals surface area (Å²) in [5.74, 6) is -0.578. The maximum Gasteiger partial charge on any atom is 0.451 e. The lowest BCUT2D eigenvalue weighted by Gasteiger charge is -2.28. The molecule has 0 spiro atoms. The van der Waals surface area contributed by atoms with E-state index in [1.54, 1.807) is 13.1 Å². The van der Waals surface area contributed by atoms with E-state index in [9.17, 15) is 13.2 Å². The fourth-order valence-electron chi connectivity index (χ4n) is 2.70. The molecule has 0 atom stereocenters. The minimum Gasteiger partial charge on any atom is -0.373 e. The summed E-state index contributed by atoms with van der Waals surface area (Å²) < 4.78 is 38.7. The van der Waals surface area contributed by atoms with Gasteiger partial charge in [0.1, 0.15) is 11.6 Å². The number of nitrogens with zero attached hydrogens (tertiary/aromatic N) is 3. The smallest absolute Gasteiger partial charge is 0.373 e. The monoisotopic (exact) mass is 302 g/mol. The second kappa shape index (κ2) is 6.49. The van der Waals surface area contributed by atoms with Gasteiger partial charge in [0.2, 0.25) is 5.82 Å². The molecule has 1 N–H and O–H groups in total. The maximum absolute atomic E-state index is 12.9. The van der Waals surface area contributed by atoms with E-state index in [1.165, 1.54) is 12.8 Å². The van der Waals surface area contributed by atoms with E-state index in [4.69, 9.17) is 0 Å². The molecular formula is C14H21F3N4. The summed E-state index contributed by atoms with van der Waals surface area (Å²) in [7, 11) is 3.37. The molecule has 0 aromatic carbocycles. The first-order chi connectivity index (χ1) is 9.91. The Morgan fingerprint density at radius 2 is 1.76 bits per heavy atom. The van der Waals surface area contributed by atoms with Crippen molar-refractivity contribution in [2.75, 3.05) is 24.3 Å². The molecule has 0 radical (unpaired) electrons. The van der Waals surface area contributed by atoms with Crippen LogP contribution in [0.1, 0.15) is 44.3 Å². The Kier molecular flexibility index (Phi) is 4.90. The quantitative estimate of drug-likeness (QED) is 0.865. The highest BCUT2D eigenvalue weighted by atomic mass is 19.4. The molecule has 7 heteroatoms. The molecule has 118 valence electrons. The molecule has 1 fully saturated rings. The number of hydrogen-bond acceptors (Lipinski definition) is 4.